The minimum atomic E-state index is -3.55. The van der Waals surface area contributed by atoms with Crippen molar-refractivity contribution in [1.29, 1.82) is 0 Å². The first-order chi connectivity index (χ1) is 15.5. The zero-order valence-electron chi connectivity index (χ0n) is 18.2. The van der Waals surface area contributed by atoms with Crippen molar-refractivity contribution < 1.29 is 22.7 Å². The van der Waals surface area contributed by atoms with E-state index in [1.165, 1.54) is 9.87 Å². The van der Waals surface area contributed by atoms with Crippen molar-refractivity contribution in [3.05, 3.63) is 53.6 Å². The molecule has 1 aliphatic carbocycles. The number of hydrogen-bond donors (Lipinski definition) is 1. The second kappa shape index (κ2) is 9.79. The predicted octanol–water partition coefficient (Wildman–Crippen LogP) is 2.28. The zero-order valence-corrected chi connectivity index (χ0v) is 19.1. The first-order valence-electron chi connectivity index (χ1n) is 10.9. The van der Waals surface area contributed by atoms with Gasteiger partial charge < -0.3 is 19.7 Å². The molecule has 2 amide bonds. The highest BCUT2D eigenvalue weighted by Gasteiger charge is 2.30. The second-order valence-corrected chi connectivity index (χ2v) is 9.84. The third-order valence-electron chi connectivity index (χ3n) is 5.94. The maximum absolute atomic E-state index is 13.0. The molecule has 0 unspecified atom stereocenters. The van der Waals surface area contributed by atoms with E-state index in [4.69, 9.17) is 9.47 Å². The highest BCUT2D eigenvalue weighted by molar-refractivity contribution is 7.89. The van der Waals surface area contributed by atoms with Gasteiger partial charge in [-0.25, -0.2) is 13.2 Å². The summed E-state index contributed by atoms with van der Waals surface area (Å²) >= 11 is 0. The van der Waals surface area contributed by atoms with Crippen molar-refractivity contribution in [2.24, 2.45) is 0 Å². The number of carbonyl (C=O) groups excluding carboxylic acids is 1. The SMILES string of the molecule is COc1ccccc1OCCNC(=O)N1CCN(S(=O)(=O)c2ccc3c(c2)CCC3)CC1. The fourth-order valence-corrected chi connectivity index (χ4v) is 5.63. The van der Waals surface area contributed by atoms with Gasteiger partial charge in [-0.05, 0) is 54.7 Å². The van der Waals surface area contributed by atoms with Crippen LogP contribution in [0.4, 0.5) is 4.79 Å². The highest BCUT2D eigenvalue weighted by atomic mass is 32.2. The number of nitrogens with one attached hydrogen (secondary N) is 1. The van der Waals surface area contributed by atoms with Crippen LogP contribution in [0.25, 0.3) is 0 Å². The second-order valence-electron chi connectivity index (χ2n) is 7.91. The summed E-state index contributed by atoms with van der Waals surface area (Å²) in [4.78, 5) is 14.4. The van der Waals surface area contributed by atoms with Crippen molar-refractivity contribution in [2.45, 2.75) is 24.2 Å². The molecule has 0 atom stereocenters. The van der Waals surface area contributed by atoms with E-state index >= 15 is 0 Å². The summed E-state index contributed by atoms with van der Waals surface area (Å²) in [7, 11) is -1.97. The van der Waals surface area contributed by atoms with E-state index in [0.29, 0.717) is 42.6 Å². The van der Waals surface area contributed by atoms with Gasteiger partial charge in [0.25, 0.3) is 0 Å². The van der Waals surface area contributed by atoms with Gasteiger partial charge in [0.15, 0.2) is 11.5 Å². The van der Waals surface area contributed by atoms with E-state index in [9.17, 15) is 13.2 Å². The number of carbonyl (C=O) groups is 1. The molecule has 8 nitrogen and oxygen atoms in total. The Morgan fingerprint density at radius 3 is 2.47 bits per heavy atom. The number of ether oxygens (including phenoxy) is 2. The van der Waals surface area contributed by atoms with E-state index in [2.05, 4.69) is 5.32 Å². The van der Waals surface area contributed by atoms with Crippen LogP contribution in [0.5, 0.6) is 11.5 Å². The third-order valence-corrected chi connectivity index (χ3v) is 7.83. The standard InChI is InChI=1S/C23H29N3O5S/c1-30-21-7-2-3-8-22(21)31-16-11-24-23(27)25-12-14-26(15-13-25)32(28,29)20-10-9-18-5-4-6-19(18)17-20/h2-3,7-10,17H,4-6,11-16H2,1H3,(H,24,27). The molecule has 2 aliphatic rings. The molecule has 2 aromatic carbocycles. The normalized spacial score (nSPS) is 16.5. The lowest BCUT2D eigenvalue weighted by atomic mass is 10.1. The lowest BCUT2D eigenvalue weighted by molar-refractivity contribution is 0.170. The molecule has 0 radical (unpaired) electrons. The number of benzene rings is 2. The lowest BCUT2D eigenvalue weighted by Gasteiger charge is -2.34. The molecule has 0 spiro atoms. The Morgan fingerprint density at radius 2 is 1.72 bits per heavy atom. The number of aryl methyl sites for hydroxylation is 2. The number of nitrogens with zero attached hydrogens (tertiary/aromatic N) is 2. The Morgan fingerprint density at radius 1 is 1.00 bits per heavy atom. The van der Waals surface area contributed by atoms with Crippen LogP contribution < -0.4 is 14.8 Å². The minimum Gasteiger partial charge on any atom is -0.493 e. The number of methoxy groups -OCH3 is 1. The zero-order chi connectivity index (χ0) is 22.6. The van der Waals surface area contributed by atoms with E-state index in [1.807, 2.05) is 30.3 Å². The summed E-state index contributed by atoms with van der Waals surface area (Å²) in [6.07, 6.45) is 3.04. The molecule has 9 heteroatoms. The number of rotatable bonds is 7. The van der Waals surface area contributed by atoms with Crippen molar-refractivity contribution >= 4 is 16.1 Å². The fraction of sp³-hybridized carbons (Fsp3) is 0.435. The number of amides is 2. The van der Waals surface area contributed by atoms with Gasteiger partial charge in [-0.15, -0.1) is 0 Å². The first kappa shape index (κ1) is 22.4. The molecule has 1 N–H and O–H groups in total. The topological polar surface area (TPSA) is 88.2 Å². The average Bonchev–Trinajstić information content (AvgIpc) is 3.30. The van der Waals surface area contributed by atoms with Crippen LogP contribution in [0, 0.1) is 0 Å². The van der Waals surface area contributed by atoms with Crippen LogP contribution in [0.2, 0.25) is 0 Å². The average molecular weight is 460 g/mol. The summed E-state index contributed by atoms with van der Waals surface area (Å²) in [5.74, 6) is 1.26. The van der Waals surface area contributed by atoms with E-state index < -0.39 is 10.0 Å². The molecule has 1 saturated heterocycles. The number of sulfonamides is 1. The Hall–Kier alpha value is -2.78. The summed E-state index contributed by atoms with van der Waals surface area (Å²) in [6.45, 7) is 1.91. The molecule has 32 heavy (non-hydrogen) atoms. The Balaban J connectivity index is 1.24. The van der Waals surface area contributed by atoms with Gasteiger partial charge in [-0.2, -0.15) is 4.31 Å². The molecule has 2 aromatic rings. The van der Waals surface area contributed by atoms with Crippen molar-refractivity contribution in [2.75, 3.05) is 46.4 Å². The van der Waals surface area contributed by atoms with Crippen molar-refractivity contribution in [3.8, 4) is 11.5 Å². The molecule has 4 rings (SSSR count). The summed E-state index contributed by atoms with van der Waals surface area (Å²) < 4.78 is 38.5. The quantitative estimate of drug-likeness (QED) is 0.642. The predicted molar refractivity (Wildman–Crippen MR) is 121 cm³/mol. The molecule has 1 fully saturated rings. The Bertz CT molecular complexity index is 1070. The largest absolute Gasteiger partial charge is 0.493 e. The molecule has 172 valence electrons. The number of urea groups is 1. The maximum Gasteiger partial charge on any atom is 0.317 e. The molecule has 1 heterocycles. The summed E-state index contributed by atoms with van der Waals surface area (Å²) in [5, 5.41) is 2.83. The van der Waals surface area contributed by atoms with Crippen LogP contribution in [-0.4, -0.2) is 70.1 Å². The smallest absolute Gasteiger partial charge is 0.317 e. The van der Waals surface area contributed by atoms with Crippen LogP contribution in [0.1, 0.15) is 17.5 Å². The summed E-state index contributed by atoms with van der Waals surface area (Å²) in [5.41, 5.74) is 2.39. The molecular weight excluding hydrogens is 430 g/mol. The maximum atomic E-state index is 13.0. The van der Waals surface area contributed by atoms with Crippen LogP contribution in [-0.2, 0) is 22.9 Å². The number of hydrogen-bond acceptors (Lipinski definition) is 5. The lowest BCUT2D eigenvalue weighted by Crippen LogP contribution is -2.53. The molecule has 0 bridgehead atoms. The van der Waals surface area contributed by atoms with E-state index in [-0.39, 0.29) is 19.1 Å². The first-order valence-corrected chi connectivity index (χ1v) is 12.3. The van der Waals surface area contributed by atoms with Crippen LogP contribution >= 0.6 is 0 Å². The van der Waals surface area contributed by atoms with Gasteiger partial charge >= 0.3 is 6.03 Å². The minimum absolute atomic E-state index is 0.219. The van der Waals surface area contributed by atoms with E-state index in [0.717, 1.165) is 24.8 Å². The van der Waals surface area contributed by atoms with Gasteiger partial charge in [-0.1, -0.05) is 18.2 Å². The Labute approximate surface area is 189 Å². The van der Waals surface area contributed by atoms with Crippen LogP contribution in [0.15, 0.2) is 47.4 Å². The highest BCUT2D eigenvalue weighted by Crippen LogP contribution is 2.27. The van der Waals surface area contributed by atoms with Crippen LogP contribution in [0.3, 0.4) is 0 Å². The Kier molecular flexibility index (Phi) is 6.86. The van der Waals surface area contributed by atoms with Gasteiger partial charge in [0.2, 0.25) is 10.0 Å². The van der Waals surface area contributed by atoms with Gasteiger partial charge in [0.05, 0.1) is 18.6 Å². The van der Waals surface area contributed by atoms with Gasteiger partial charge in [0, 0.05) is 26.2 Å². The number of para-hydroxylation sites is 2. The summed E-state index contributed by atoms with van der Waals surface area (Å²) in [6, 6.07) is 12.6. The number of fused-ring (bicyclic) bond motifs is 1. The molecule has 1 aliphatic heterocycles. The molecule has 0 aromatic heterocycles. The molecular formula is C23H29N3O5S. The van der Waals surface area contributed by atoms with E-state index in [1.54, 1.807) is 24.1 Å². The fourth-order valence-electron chi connectivity index (χ4n) is 4.16. The van der Waals surface area contributed by atoms with Gasteiger partial charge in [0.1, 0.15) is 6.61 Å². The third kappa shape index (κ3) is 4.83. The monoisotopic (exact) mass is 459 g/mol. The van der Waals surface area contributed by atoms with Crippen molar-refractivity contribution in [3.63, 3.8) is 0 Å². The molecule has 0 saturated carbocycles. The number of piperazine rings is 1. The van der Waals surface area contributed by atoms with Gasteiger partial charge in [-0.3, -0.25) is 0 Å². The van der Waals surface area contributed by atoms with Crippen molar-refractivity contribution in [1.82, 2.24) is 14.5 Å².